The topological polar surface area (TPSA) is 17.1 Å². The van der Waals surface area contributed by atoms with Crippen molar-refractivity contribution in [1.82, 2.24) is 0 Å². The molecule has 0 amide bonds. The standard InChI is InChI=1S/C6H6F6O.C6H8F6/c7-5(8,9)1-4(3-13)2-6(10,11)12;1-4(2-5(7,8)9)3-6(10,11)12/h3-4H,1-2H2;4H,2-3H2,1H3. The van der Waals surface area contributed by atoms with Gasteiger partial charge in [-0.05, 0) is 5.92 Å². The molecule has 1 nitrogen and oxygen atoms in total. The Morgan fingerprint density at radius 2 is 0.840 bits per heavy atom. The number of halogens is 12. The number of alkyl halides is 12. The molecule has 0 fully saturated rings. The Balaban J connectivity index is 0. The highest BCUT2D eigenvalue weighted by atomic mass is 19.4. The zero-order valence-corrected chi connectivity index (χ0v) is 12.5. The summed E-state index contributed by atoms with van der Waals surface area (Å²) in [6, 6.07) is 0. The van der Waals surface area contributed by atoms with E-state index in [1.165, 1.54) is 0 Å². The Bertz CT molecular complexity index is 344. The predicted octanol–water partition coefficient (Wildman–Crippen LogP) is 6.23. The van der Waals surface area contributed by atoms with E-state index >= 15 is 0 Å². The summed E-state index contributed by atoms with van der Waals surface area (Å²) in [7, 11) is 0. The summed E-state index contributed by atoms with van der Waals surface area (Å²) in [5.74, 6) is -3.43. The van der Waals surface area contributed by atoms with E-state index in [1.807, 2.05) is 0 Å². The molecule has 25 heavy (non-hydrogen) atoms. The number of carbonyl (C=O) groups excluding carboxylic acids is 1. The Morgan fingerprint density at radius 3 is 1.00 bits per heavy atom. The van der Waals surface area contributed by atoms with Gasteiger partial charge in [-0.1, -0.05) is 6.92 Å². The normalized spacial score (nSPS) is 13.7. The lowest BCUT2D eigenvalue weighted by molar-refractivity contribution is -0.174. The third-order valence-corrected chi connectivity index (χ3v) is 2.34. The van der Waals surface area contributed by atoms with Crippen molar-refractivity contribution >= 4 is 6.29 Å². The van der Waals surface area contributed by atoms with Gasteiger partial charge in [0.1, 0.15) is 6.29 Å². The van der Waals surface area contributed by atoms with Gasteiger partial charge in [-0.3, -0.25) is 0 Å². The van der Waals surface area contributed by atoms with Crippen LogP contribution in [-0.2, 0) is 4.79 Å². The van der Waals surface area contributed by atoms with Gasteiger partial charge in [0.15, 0.2) is 0 Å². The summed E-state index contributed by atoms with van der Waals surface area (Å²) in [4.78, 5) is 9.86. The van der Waals surface area contributed by atoms with Crippen molar-refractivity contribution in [2.45, 2.75) is 57.3 Å². The second-order valence-corrected chi connectivity index (χ2v) is 5.28. The molecule has 0 unspecified atom stereocenters. The Kier molecular flexibility index (Phi) is 9.91. The zero-order chi connectivity index (χ0) is 20.7. The number of hydrogen-bond acceptors (Lipinski definition) is 1. The summed E-state index contributed by atoms with van der Waals surface area (Å²) >= 11 is 0. The van der Waals surface area contributed by atoms with Crippen LogP contribution in [0.3, 0.4) is 0 Å². The first kappa shape index (κ1) is 26.1. The van der Waals surface area contributed by atoms with Crippen LogP contribution in [0.1, 0.15) is 32.6 Å². The summed E-state index contributed by atoms with van der Waals surface area (Å²) in [6.45, 7) is 0.932. The fourth-order valence-electron chi connectivity index (χ4n) is 1.63. The lowest BCUT2D eigenvalue weighted by Gasteiger charge is -2.15. The van der Waals surface area contributed by atoms with E-state index in [2.05, 4.69) is 0 Å². The van der Waals surface area contributed by atoms with Crippen molar-refractivity contribution in [1.29, 1.82) is 0 Å². The van der Waals surface area contributed by atoms with Crippen LogP contribution in [0.25, 0.3) is 0 Å². The monoisotopic (exact) mass is 402 g/mol. The van der Waals surface area contributed by atoms with Gasteiger partial charge >= 0.3 is 24.7 Å². The number of hydrogen-bond donors (Lipinski definition) is 0. The molecular weight excluding hydrogens is 388 g/mol. The minimum absolute atomic E-state index is 0.318. The highest BCUT2D eigenvalue weighted by molar-refractivity contribution is 5.53. The van der Waals surface area contributed by atoms with Crippen LogP contribution in [0.5, 0.6) is 0 Å². The highest BCUT2D eigenvalue weighted by Crippen LogP contribution is 2.32. The third kappa shape index (κ3) is 22.8. The second kappa shape index (κ2) is 9.51. The molecule has 13 heteroatoms. The molecule has 0 radical (unpaired) electrons. The first-order valence-corrected chi connectivity index (χ1v) is 6.46. The molecule has 0 aliphatic heterocycles. The fraction of sp³-hybridized carbons (Fsp3) is 0.917. The van der Waals surface area contributed by atoms with Crippen LogP contribution in [0.2, 0.25) is 0 Å². The third-order valence-electron chi connectivity index (χ3n) is 2.34. The first-order chi connectivity index (χ1) is 10.7. The number of rotatable bonds is 5. The predicted molar refractivity (Wildman–Crippen MR) is 61.4 cm³/mol. The Hall–Kier alpha value is -1.17. The van der Waals surface area contributed by atoms with E-state index in [-0.39, 0.29) is 6.29 Å². The molecule has 0 aliphatic carbocycles. The van der Waals surface area contributed by atoms with Gasteiger partial charge in [0.05, 0.1) is 12.8 Å². The van der Waals surface area contributed by atoms with Crippen LogP contribution in [-0.4, -0.2) is 31.0 Å². The van der Waals surface area contributed by atoms with E-state index in [9.17, 15) is 57.5 Å². The molecule has 0 aliphatic rings. The van der Waals surface area contributed by atoms with Crippen molar-refractivity contribution in [2.24, 2.45) is 11.8 Å². The van der Waals surface area contributed by atoms with Crippen LogP contribution < -0.4 is 0 Å². The molecule has 0 aromatic rings. The molecule has 0 rings (SSSR count). The van der Waals surface area contributed by atoms with E-state index in [0.717, 1.165) is 6.92 Å². The molecule has 0 heterocycles. The molecular formula is C12H14F12O. The highest BCUT2D eigenvalue weighted by Gasteiger charge is 2.38. The summed E-state index contributed by atoms with van der Waals surface area (Å²) in [5, 5.41) is 0. The number of aldehydes is 1. The van der Waals surface area contributed by atoms with Crippen molar-refractivity contribution in [3.05, 3.63) is 0 Å². The summed E-state index contributed by atoms with van der Waals surface area (Å²) in [6.07, 6.45) is -25.0. The zero-order valence-electron chi connectivity index (χ0n) is 12.5. The van der Waals surface area contributed by atoms with Crippen LogP contribution in [0.4, 0.5) is 52.7 Å². The Morgan fingerprint density at radius 1 is 0.600 bits per heavy atom. The molecule has 0 aromatic heterocycles. The van der Waals surface area contributed by atoms with Crippen molar-refractivity contribution in [3.63, 3.8) is 0 Å². The maximum atomic E-state index is 11.5. The van der Waals surface area contributed by atoms with E-state index < -0.39 is 62.2 Å². The molecule has 0 spiro atoms. The molecule has 0 atom stereocenters. The van der Waals surface area contributed by atoms with Crippen LogP contribution in [0.15, 0.2) is 0 Å². The minimum Gasteiger partial charge on any atom is -0.303 e. The average molecular weight is 402 g/mol. The van der Waals surface area contributed by atoms with Gasteiger partial charge in [-0.2, -0.15) is 52.7 Å². The molecule has 152 valence electrons. The number of carbonyl (C=O) groups is 1. The molecule has 0 N–H and O–H groups in total. The van der Waals surface area contributed by atoms with Crippen LogP contribution >= 0.6 is 0 Å². The van der Waals surface area contributed by atoms with Crippen molar-refractivity contribution < 1.29 is 57.5 Å². The van der Waals surface area contributed by atoms with E-state index in [0.29, 0.717) is 0 Å². The summed E-state index contributed by atoms with van der Waals surface area (Å²) in [5.41, 5.74) is 0. The quantitative estimate of drug-likeness (QED) is 0.393. The summed E-state index contributed by atoms with van der Waals surface area (Å²) < 4.78 is 138. The van der Waals surface area contributed by atoms with Crippen molar-refractivity contribution in [3.8, 4) is 0 Å². The smallest absolute Gasteiger partial charge is 0.303 e. The van der Waals surface area contributed by atoms with E-state index in [4.69, 9.17) is 0 Å². The van der Waals surface area contributed by atoms with Crippen molar-refractivity contribution in [2.75, 3.05) is 0 Å². The molecule has 0 bridgehead atoms. The molecule has 0 saturated carbocycles. The Labute approximate surface area is 134 Å². The lowest BCUT2D eigenvalue weighted by atomic mass is 10.0. The largest absolute Gasteiger partial charge is 0.389 e. The lowest BCUT2D eigenvalue weighted by Crippen LogP contribution is -2.22. The van der Waals surface area contributed by atoms with Gasteiger partial charge in [0, 0.05) is 18.8 Å². The SMILES string of the molecule is CC(CC(F)(F)F)CC(F)(F)F.O=CC(CC(F)(F)F)CC(F)(F)F. The van der Waals surface area contributed by atoms with Gasteiger partial charge in [-0.15, -0.1) is 0 Å². The van der Waals surface area contributed by atoms with Gasteiger partial charge in [0.2, 0.25) is 0 Å². The van der Waals surface area contributed by atoms with Gasteiger partial charge in [0.25, 0.3) is 0 Å². The van der Waals surface area contributed by atoms with Gasteiger partial charge < -0.3 is 4.79 Å². The maximum Gasteiger partial charge on any atom is 0.389 e. The average Bonchev–Trinajstić information content (AvgIpc) is 2.18. The maximum absolute atomic E-state index is 11.5. The first-order valence-electron chi connectivity index (χ1n) is 6.46. The van der Waals surface area contributed by atoms with E-state index in [1.54, 1.807) is 0 Å². The van der Waals surface area contributed by atoms with Crippen LogP contribution in [0, 0.1) is 11.8 Å². The molecule has 0 saturated heterocycles. The molecule has 0 aromatic carbocycles. The van der Waals surface area contributed by atoms with Gasteiger partial charge in [-0.25, -0.2) is 0 Å². The fourth-order valence-corrected chi connectivity index (χ4v) is 1.63. The minimum atomic E-state index is -4.74. The second-order valence-electron chi connectivity index (χ2n) is 5.28.